The summed E-state index contributed by atoms with van der Waals surface area (Å²) in [6.45, 7) is 1.92. The maximum atomic E-state index is 12.3. The number of amides is 1. The van der Waals surface area contributed by atoms with Gasteiger partial charge in [0.15, 0.2) is 16.9 Å². The molecule has 0 aliphatic carbocycles. The van der Waals surface area contributed by atoms with Crippen LogP contribution in [0.2, 0.25) is 0 Å². The Morgan fingerprint density at radius 1 is 1.28 bits per heavy atom. The van der Waals surface area contributed by atoms with Crippen LogP contribution in [0.15, 0.2) is 39.9 Å². The molecule has 1 N–H and O–H groups in total. The Morgan fingerprint density at radius 2 is 2.12 bits per heavy atom. The van der Waals surface area contributed by atoms with Crippen LogP contribution < -0.4 is 10.9 Å². The van der Waals surface area contributed by atoms with Crippen LogP contribution in [0.3, 0.4) is 0 Å². The summed E-state index contributed by atoms with van der Waals surface area (Å²) in [7, 11) is 1.60. The van der Waals surface area contributed by atoms with Gasteiger partial charge in [0.05, 0.1) is 12.5 Å². The minimum absolute atomic E-state index is 0.0283. The van der Waals surface area contributed by atoms with E-state index >= 15 is 0 Å². The van der Waals surface area contributed by atoms with Crippen LogP contribution in [0.4, 0.5) is 6.01 Å². The average molecular weight is 338 g/mol. The lowest BCUT2D eigenvalue weighted by Gasteiger charge is -2.03. The number of imidazole rings is 1. The minimum Gasteiger partial charge on any atom is -0.423 e. The number of carbonyl (C=O) groups excluding carboxylic acids is 1. The number of fused-ring (bicyclic) bond motifs is 2. The zero-order valence-corrected chi connectivity index (χ0v) is 13.6. The summed E-state index contributed by atoms with van der Waals surface area (Å²) in [6, 6.07) is 5.74. The highest BCUT2D eigenvalue weighted by atomic mass is 16.4. The number of nitrogens with one attached hydrogen (secondary N) is 1. The molecule has 0 atom stereocenters. The van der Waals surface area contributed by atoms with Crippen molar-refractivity contribution in [3.8, 4) is 0 Å². The fraction of sp³-hybridized carbons (Fsp3) is 0.188. The summed E-state index contributed by atoms with van der Waals surface area (Å²) in [5.74, 6) is -0.335. The molecule has 0 fully saturated rings. The van der Waals surface area contributed by atoms with Gasteiger partial charge in [0, 0.05) is 7.05 Å². The second kappa shape index (κ2) is 5.55. The van der Waals surface area contributed by atoms with Crippen molar-refractivity contribution in [3.05, 3.63) is 46.6 Å². The van der Waals surface area contributed by atoms with E-state index in [1.807, 2.05) is 25.1 Å². The maximum absolute atomic E-state index is 12.3. The number of nitrogens with zero attached hydrogens (tertiary/aromatic N) is 5. The van der Waals surface area contributed by atoms with Crippen molar-refractivity contribution in [1.82, 2.24) is 24.1 Å². The molecule has 126 valence electrons. The molecule has 3 heterocycles. The van der Waals surface area contributed by atoms with E-state index in [0.29, 0.717) is 22.4 Å². The first-order valence-electron chi connectivity index (χ1n) is 7.55. The average Bonchev–Trinajstić information content (AvgIpc) is 3.14. The number of carbonyl (C=O) groups is 1. The highest BCUT2D eigenvalue weighted by Crippen LogP contribution is 2.20. The smallest absolute Gasteiger partial charge is 0.302 e. The van der Waals surface area contributed by atoms with E-state index in [4.69, 9.17) is 4.42 Å². The first-order chi connectivity index (χ1) is 12.0. The Labute approximate surface area is 140 Å². The number of aryl methyl sites for hydroxylation is 2. The lowest BCUT2D eigenvalue weighted by Crippen LogP contribution is -2.20. The van der Waals surface area contributed by atoms with E-state index in [9.17, 15) is 9.59 Å². The van der Waals surface area contributed by atoms with Crippen molar-refractivity contribution < 1.29 is 9.21 Å². The van der Waals surface area contributed by atoms with E-state index in [-0.39, 0.29) is 24.0 Å². The third-order valence-corrected chi connectivity index (χ3v) is 3.84. The topological polar surface area (TPSA) is 108 Å². The van der Waals surface area contributed by atoms with Gasteiger partial charge in [-0.15, -0.1) is 0 Å². The summed E-state index contributed by atoms with van der Waals surface area (Å²) in [4.78, 5) is 36.2. The Kier molecular flexibility index (Phi) is 3.34. The summed E-state index contributed by atoms with van der Waals surface area (Å²) in [5, 5.41) is 2.62. The molecule has 9 heteroatoms. The SMILES string of the molecule is Cc1ccc2nc(NC(=O)Cn3cnc4c3ncc(=O)n4C)oc2c1. The standard InChI is InChI=1S/C16H14N6O3/c1-9-3-4-10-11(5-9)25-16(19-10)20-12(23)7-22-8-18-14-15(22)17-6-13(24)21(14)2/h3-6,8H,7H2,1-2H3,(H,19,20,23). The van der Waals surface area contributed by atoms with Crippen LogP contribution >= 0.6 is 0 Å². The van der Waals surface area contributed by atoms with E-state index < -0.39 is 0 Å². The van der Waals surface area contributed by atoms with Crippen LogP contribution in [-0.4, -0.2) is 30.0 Å². The molecule has 4 aromatic rings. The number of aromatic nitrogens is 5. The number of rotatable bonds is 3. The molecule has 0 aliphatic heterocycles. The van der Waals surface area contributed by atoms with Gasteiger partial charge in [-0.1, -0.05) is 6.07 Å². The molecule has 4 rings (SSSR count). The second-order valence-electron chi connectivity index (χ2n) is 5.71. The molecule has 0 spiro atoms. The van der Waals surface area contributed by atoms with Crippen LogP contribution in [-0.2, 0) is 18.4 Å². The summed E-state index contributed by atoms with van der Waals surface area (Å²) in [5.41, 5.74) is 2.93. The van der Waals surface area contributed by atoms with Crippen molar-refractivity contribution in [2.75, 3.05) is 5.32 Å². The highest BCUT2D eigenvalue weighted by Gasteiger charge is 2.13. The van der Waals surface area contributed by atoms with Gasteiger partial charge in [-0.3, -0.25) is 19.5 Å². The van der Waals surface area contributed by atoms with Gasteiger partial charge in [-0.05, 0) is 24.6 Å². The molecular weight excluding hydrogens is 324 g/mol. The van der Waals surface area contributed by atoms with Gasteiger partial charge in [0.1, 0.15) is 12.1 Å². The predicted molar refractivity (Wildman–Crippen MR) is 90.1 cm³/mol. The number of hydrogen-bond acceptors (Lipinski definition) is 6. The van der Waals surface area contributed by atoms with Crippen LogP contribution in [0.1, 0.15) is 5.56 Å². The van der Waals surface area contributed by atoms with Gasteiger partial charge in [-0.25, -0.2) is 9.97 Å². The fourth-order valence-corrected chi connectivity index (χ4v) is 2.56. The third-order valence-electron chi connectivity index (χ3n) is 3.84. The minimum atomic E-state index is -0.335. The van der Waals surface area contributed by atoms with Gasteiger partial charge in [0.25, 0.3) is 5.56 Å². The van der Waals surface area contributed by atoms with Crippen molar-refractivity contribution in [2.45, 2.75) is 13.5 Å². The van der Waals surface area contributed by atoms with E-state index in [1.165, 1.54) is 17.1 Å². The lowest BCUT2D eigenvalue weighted by atomic mass is 10.2. The van der Waals surface area contributed by atoms with Crippen LogP contribution in [0, 0.1) is 6.92 Å². The molecule has 0 saturated carbocycles. The molecule has 0 bridgehead atoms. The molecule has 0 radical (unpaired) electrons. The van der Waals surface area contributed by atoms with Crippen molar-refractivity contribution in [1.29, 1.82) is 0 Å². The van der Waals surface area contributed by atoms with Gasteiger partial charge in [-0.2, -0.15) is 4.98 Å². The maximum Gasteiger partial charge on any atom is 0.302 e. The van der Waals surface area contributed by atoms with Gasteiger partial charge in [0.2, 0.25) is 5.91 Å². The quantitative estimate of drug-likeness (QED) is 0.602. The molecule has 0 unspecified atom stereocenters. The van der Waals surface area contributed by atoms with Crippen molar-refractivity contribution in [3.63, 3.8) is 0 Å². The Balaban J connectivity index is 1.57. The van der Waals surface area contributed by atoms with Crippen molar-refractivity contribution in [2.24, 2.45) is 7.05 Å². The Morgan fingerprint density at radius 3 is 2.96 bits per heavy atom. The normalized spacial score (nSPS) is 11.3. The number of hydrogen-bond donors (Lipinski definition) is 1. The van der Waals surface area contributed by atoms with E-state index in [1.54, 1.807) is 11.6 Å². The lowest BCUT2D eigenvalue weighted by molar-refractivity contribution is -0.116. The molecular formula is C16H14N6O3. The fourth-order valence-electron chi connectivity index (χ4n) is 2.56. The van der Waals surface area contributed by atoms with Crippen LogP contribution in [0.25, 0.3) is 22.4 Å². The molecule has 1 aromatic carbocycles. The highest BCUT2D eigenvalue weighted by molar-refractivity contribution is 5.90. The van der Waals surface area contributed by atoms with Crippen LogP contribution in [0.5, 0.6) is 0 Å². The molecule has 0 saturated heterocycles. The van der Waals surface area contributed by atoms with Gasteiger partial charge >= 0.3 is 6.01 Å². The van der Waals surface area contributed by atoms with E-state index in [2.05, 4.69) is 20.3 Å². The largest absolute Gasteiger partial charge is 0.423 e. The summed E-state index contributed by atoms with van der Waals surface area (Å²) < 4.78 is 8.46. The Hall–Kier alpha value is -3.49. The first-order valence-corrected chi connectivity index (χ1v) is 7.55. The molecule has 25 heavy (non-hydrogen) atoms. The summed E-state index contributed by atoms with van der Waals surface area (Å²) in [6.07, 6.45) is 2.66. The van der Waals surface area contributed by atoms with Gasteiger partial charge < -0.3 is 8.98 Å². The zero-order valence-electron chi connectivity index (χ0n) is 13.6. The zero-order chi connectivity index (χ0) is 17.6. The number of oxazole rings is 1. The predicted octanol–water partition coefficient (Wildman–Crippen LogP) is 1.22. The monoisotopic (exact) mass is 338 g/mol. The second-order valence-corrected chi connectivity index (χ2v) is 5.71. The summed E-state index contributed by atoms with van der Waals surface area (Å²) >= 11 is 0. The molecule has 1 amide bonds. The van der Waals surface area contributed by atoms with Crippen molar-refractivity contribution >= 4 is 34.3 Å². The molecule has 3 aromatic heterocycles. The molecule has 0 aliphatic rings. The third kappa shape index (κ3) is 2.65. The Bertz CT molecular complexity index is 1170. The molecule has 9 nitrogen and oxygen atoms in total. The first kappa shape index (κ1) is 15.1. The number of anilines is 1. The number of benzene rings is 1. The van der Waals surface area contributed by atoms with E-state index in [0.717, 1.165) is 5.56 Å².